The summed E-state index contributed by atoms with van der Waals surface area (Å²) in [6.07, 6.45) is -0.278. The summed E-state index contributed by atoms with van der Waals surface area (Å²) in [5.74, 6) is 5.11. The highest BCUT2D eigenvalue weighted by atomic mass is 15.2. The highest BCUT2D eigenvalue weighted by Gasteiger charge is 1.92. The van der Waals surface area contributed by atoms with E-state index in [0.29, 0.717) is 0 Å². The van der Waals surface area contributed by atoms with Crippen LogP contribution in [-0.4, -0.2) is 10.2 Å². The van der Waals surface area contributed by atoms with Crippen LogP contribution in [0.1, 0.15) is 6.85 Å². The zero-order valence-electron chi connectivity index (χ0n) is 11.0. The molecule has 0 bridgehead atoms. The summed E-state index contributed by atoms with van der Waals surface area (Å²) in [5.41, 5.74) is 0.0167. The number of hydrogen-bond donors (Lipinski definition) is 2. The van der Waals surface area contributed by atoms with Crippen molar-refractivity contribution in [2.45, 2.75) is 0 Å². The number of fused-ring (bicyclic) bond motifs is 1. The van der Waals surface area contributed by atoms with Crippen molar-refractivity contribution in [1.82, 2.24) is 10.2 Å². The molecule has 0 fully saturated rings. The number of nitrogens with one attached hydrogen (secondary N) is 1. The molecule has 0 atom stereocenters. The highest BCUT2D eigenvalue weighted by molar-refractivity contribution is 5.79. The molecule has 0 saturated carbocycles. The van der Waals surface area contributed by atoms with Crippen LogP contribution < -0.4 is 11.3 Å². The van der Waals surface area contributed by atoms with Crippen LogP contribution >= 0.6 is 0 Å². The normalized spacial score (nSPS) is 18.0. The van der Waals surface area contributed by atoms with Crippen LogP contribution in [0.25, 0.3) is 10.8 Å². The van der Waals surface area contributed by atoms with Crippen LogP contribution in [0.5, 0.6) is 0 Å². The van der Waals surface area contributed by atoms with Gasteiger partial charge in [0.25, 0.3) is 0 Å². The quantitative estimate of drug-likeness (QED) is 0.436. The fourth-order valence-electron chi connectivity index (χ4n) is 0.860. The molecule has 2 rings (SSSR count). The molecule has 0 amide bonds. The number of benzene rings is 1. The van der Waals surface area contributed by atoms with Gasteiger partial charge in [0.15, 0.2) is 5.49 Å². The van der Waals surface area contributed by atoms with Gasteiger partial charge in [-0.25, -0.2) is 0 Å². The van der Waals surface area contributed by atoms with Crippen molar-refractivity contribution < 1.29 is 6.85 Å². The maximum atomic E-state index is 7.73. The lowest BCUT2D eigenvalue weighted by molar-refractivity contribution is 0.946. The van der Waals surface area contributed by atoms with E-state index in [1.165, 1.54) is 0 Å². The van der Waals surface area contributed by atoms with E-state index in [1.54, 1.807) is 0 Å². The van der Waals surface area contributed by atoms with Gasteiger partial charge in [0.1, 0.15) is 0 Å². The fraction of sp³-hybridized carbons (Fsp3) is 0. The molecule has 0 aliphatic rings. The lowest BCUT2D eigenvalue weighted by Gasteiger charge is -1.94. The first-order valence-electron chi connectivity index (χ1n) is 5.68. The van der Waals surface area contributed by atoms with Gasteiger partial charge >= 0.3 is 0 Å². The number of nitrogens with zero attached hydrogens (tertiary/aromatic N) is 2. The second kappa shape index (κ2) is 2.65. The predicted octanol–water partition coefficient (Wildman–Crippen LogP) is 0.337. The van der Waals surface area contributed by atoms with Crippen molar-refractivity contribution in [2.24, 2.45) is 10.9 Å². The minimum atomic E-state index is -0.410. The van der Waals surface area contributed by atoms with E-state index in [-0.39, 0.29) is 34.5 Å². The van der Waals surface area contributed by atoms with E-state index in [0.717, 1.165) is 0 Å². The number of hydrogen-bond acceptors (Lipinski definition) is 3. The number of H-pyrrole nitrogens is 1. The standard InChI is InChI=1S/C8H8N4/c9-11-8-7-4-2-1-3-6(7)5-10-12-8/h1-5H,9H2,(H,11,12)/i1D,2D,3D,4D,5D. The monoisotopic (exact) mass is 165 g/mol. The molecule has 0 radical (unpaired) electrons. The molecular weight excluding hydrogens is 152 g/mol. The van der Waals surface area contributed by atoms with Crippen molar-refractivity contribution in [3.8, 4) is 0 Å². The molecule has 1 aromatic carbocycles. The fourth-order valence-corrected chi connectivity index (χ4v) is 0.860. The van der Waals surface area contributed by atoms with Crippen LogP contribution in [0.4, 0.5) is 0 Å². The Bertz CT molecular complexity index is 678. The summed E-state index contributed by atoms with van der Waals surface area (Å²) in [5, 5.41) is 9.37. The van der Waals surface area contributed by atoms with Crippen molar-refractivity contribution >= 4 is 10.8 Å². The molecule has 1 aromatic heterocycles. The number of nitrogens with two attached hydrogens (primary N) is 1. The summed E-state index contributed by atoms with van der Waals surface area (Å²) in [4.78, 5) is 0. The molecule has 60 valence electrons. The highest BCUT2D eigenvalue weighted by Crippen LogP contribution is 2.04. The molecule has 0 spiro atoms. The summed E-state index contributed by atoms with van der Waals surface area (Å²) in [7, 11) is 0. The largest absolute Gasteiger partial charge is 0.321 e. The maximum absolute atomic E-state index is 7.73. The number of rotatable bonds is 0. The molecular formula is C8H8N4. The van der Waals surface area contributed by atoms with Gasteiger partial charge in [0.05, 0.1) is 13.0 Å². The SMILES string of the molecule is [2H]c1c([2H])c([2H])c2/c(=N\N)[nH]nc([2H])c2c1[2H]. The van der Waals surface area contributed by atoms with Crippen LogP contribution in [0, 0.1) is 0 Å². The number of aromatic amines is 1. The van der Waals surface area contributed by atoms with E-state index in [2.05, 4.69) is 15.3 Å². The Labute approximate surface area is 75.8 Å². The molecule has 4 nitrogen and oxygen atoms in total. The van der Waals surface area contributed by atoms with Gasteiger partial charge < -0.3 is 5.84 Å². The van der Waals surface area contributed by atoms with E-state index < -0.39 is 12.1 Å². The Kier molecular flexibility index (Phi) is 0.722. The van der Waals surface area contributed by atoms with Crippen LogP contribution in [-0.2, 0) is 0 Å². The molecule has 1 heterocycles. The Morgan fingerprint density at radius 3 is 3.17 bits per heavy atom. The Balaban J connectivity index is 3.22. The Hall–Kier alpha value is -1.84. The molecule has 2 aromatic rings. The van der Waals surface area contributed by atoms with Gasteiger partial charge in [0.2, 0.25) is 0 Å². The van der Waals surface area contributed by atoms with E-state index in [9.17, 15) is 0 Å². The molecule has 4 heteroatoms. The Morgan fingerprint density at radius 1 is 1.50 bits per heavy atom. The number of aromatic nitrogens is 2. The molecule has 0 aliphatic heterocycles. The molecule has 0 saturated heterocycles. The predicted molar refractivity (Wildman–Crippen MR) is 45.8 cm³/mol. The van der Waals surface area contributed by atoms with E-state index >= 15 is 0 Å². The van der Waals surface area contributed by atoms with E-state index in [4.69, 9.17) is 12.7 Å². The summed E-state index contributed by atoms with van der Waals surface area (Å²) in [6, 6.07) is -1.42. The van der Waals surface area contributed by atoms with E-state index in [1.807, 2.05) is 0 Å². The summed E-state index contributed by atoms with van der Waals surface area (Å²) >= 11 is 0. The smallest absolute Gasteiger partial charge is 0.173 e. The van der Waals surface area contributed by atoms with Gasteiger partial charge in [-0.05, 0) is 0 Å². The van der Waals surface area contributed by atoms with Crippen LogP contribution in [0.15, 0.2) is 35.4 Å². The van der Waals surface area contributed by atoms with Crippen LogP contribution in [0.3, 0.4) is 0 Å². The third kappa shape index (κ3) is 0.934. The van der Waals surface area contributed by atoms with Gasteiger partial charge in [-0.15, -0.1) is 0 Å². The van der Waals surface area contributed by atoms with Crippen molar-refractivity contribution in [3.63, 3.8) is 0 Å². The van der Waals surface area contributed by atoms with Crippen molar-refractivity contribution in [2.75, 3.05) is 0 Å². The van der Waals surface area contributed by atoms with Gasteiger partial charge in [0, 0.05) is 10.8 Å². The van der Waals surface area contributed by atoms with Gasteiger partial charge in [-0.2, -0.15) is 10.2 Å². The van der Waals surface area contributed by atoms with Crippen LogP contribution in [0.2, 0.25) is 0 Å². The molecule has 12 heavy (non-hydrogen) atoms. The zero-order chi connectivity index (χ0) is 12.7. The second-order valence-electron chi connectivity index (χ2n) is 2.06. The topological polar surface area (TPSA) is 67.1 Å². The molecule has 0 unspecified atom stereocenters. The molecule has 3 N–H and O–H groups in total. The average Bonchev–Trinajstić information content (AvgIpc) is 2.33. The zero-order valence-corrected chi connectivity index (χ0v) is 5.97. The summed E-state index contributed by atoms with van der Waals surface area (Å²) < 4.78 is 38.0. The summed E-state index contributed by atoms with van der Waals surface area (Å²) in [6.45, 7) is 0. The van der Waals surface area contributed by atoms with Crippen molar-refractivity contribution in [1.29, 1.82) is 0 Å². The van der Waals surface area contributed by atoms with Gasteiger partial charge in [-0.1, -0.05) is 24.2 Å². The first-order chi connectivity index (χ1) is 7.99. The third-order valence-electron chi connectivity index (χ3n) is 1.38. The minimum Gasteiger partial charge on any atom is -0.321 e. The van der Waals surface area contributed by atoms with Gasteiger partial charge in [-0.3, -0.25) is 5.10 Å². The third-order valence-corrected chi connectivity index (χ3v) is 1.38. The first kappa shape index (κ1) is 3.26. The average molecular weight is 165 g/mol. The molecule has 0 aliphatic carbocycles. The maximum Gasteiger partial charge on any atom is 0.173 e. The Morgan fingerprint density at radius 2 is 2.33 bits per heavy atom. The first-order valence-corrected chi connectivity index (χ1v) is 3.18. The lowest BCUT2D eigenvalue weighted by atomic mass is 10.2. The van der Waals surface area contributed by atoms with Crippen molar-refractivity contribution in [3.05, 3.63) is 35.8 Å². The lowest BCUT2D eigenvalue weighted by Crippen LogP contribution is -2.12. The second-order valence-corrected chi connectivity index (χ2v) is 2.06. The minimum absolute atomic E-state index is 0.000972.